The first-order valence-corrected chi connectivity index (χ1v) is 6.25. The number of amides is 1. The molecule has 1 amide bonds. The molecule has 0 atom stereocenters. The van der Waals surface area contributed by atoms with Crippen molar-refractivity contribution in [1.82, 2.24) is 14.8 Å². The first-order valence-electron chi connectivity index (χ1n) is 5.27. The van der Waals surface area contributed by atoms with Crippen LogP contribution < -0.4 is 5.32 Å². The van der Waals surface area contributed by atoms with E-state index in [0.717, 1.165) is 17.0 Å². The van der Waals surface area contributed by atoms with Gasteiger partial charge in [-0.2, -0.15) is 0 Å². The van der Waals surface area contributed by atoms with Crippen LogP contribution in [0.5, 0.6) is 0 Å². The molecule has 0 bridgehead atoms. The van der Waals surface area contributed by atoms with Gasteiger partial charge in [-0.3, -0.25) is 24.8 Å². The van der Waals surface area contributed by atoms with Crippen molar-refractivity contribution in [2.45, 2.75) is 11.7 Å². The van der Waals surface area contributed by atoms with E-state index < -0.39 is 16.7 Å². The molecule has 10 heteroatoms. The number of hydrogen-bond acceptors (Lipinski definition) is 7. The number of carbonyl (C=O) groups excluding carboxylic acids is 1. The number of nitrogens with zero attached hydrogens (tertiary/aromatic N) is 4. The molecular formula is C9H7N5O4S. The second-order valence-corrected chi connectivity index (χ2v) is 4.72. The molecule has 3 heterocycles. The van der Waals surface area contributed by atoms with Gasteiger partial charge in [0, 0.05) is 12.3 Å². The first kappa shape index (κ1) is 11.7. The van der Waals surface area contributed by atoms with E-state index in [1.807, 2.05) is 0 Å². The number of carbonyl (C=O) groups is 1. The zero-order valence-corrected chi connectivity index (χ0v) is 10.2. The van der Waals surface area contributed by atoms with E-state index in [2.05, 4.69) is 15.5 Å². The first-order chi connectivity index (χ1) is 9.15. The summed E-state index contributed by atoms with van der Waals surface area (Å²) in [5.41, 5.74) is 0. The van der Waals surface area contributed by atoms with E-state index in [1.54, 1.807) is 16.3 Å². The van der Waals surface area contributed by atoms with Gasteiger partial charge < -0.3 is 4.42 Å². The molecule has 98 valence electrons. The minimum atomic E-state index is -0.706. The van der Waals surface area contributed by atoms with Gasteiger partial charge >= 0.3 is 5.88 Å². The summed E-state index contributed by atoms with van der Waals surface area (Å²) in [5, 5.41) is 21.4. The topological polar surface area (TPSA) is 116 Å². The Kier molecular flexibility index (Phi) is 2.71. The van der Waals surface area contributed by atoms with E-state index in [-0.39, 0.29) is 5.76 Å². The van der Waals surface area contributed by atoms with Crippen molar-refractivity contribution in [3.63, 3.8) is 0 Å². The Morgan fingerprint density at radius 1 is 1.53 bits per heavy atom. The largest absolute Gasteiger partial charge is 0.433 e. The summed E-state index contributed by atoms with van der Waals surface area (Å²) in [6.45, 7) is 0.709. The number of aromatic nitrogens is 3. The van der Waals surface area contributed by atoms with Crippen LogP contribution >= 0.6 is 11.8 Å². The molecule has 0 unspecified atom stereocenters. The Labute approximate surface area is 110 Å². The fourth-order valence-electron chi connectivity index (χ4n) is 1.63. The van der Waals surface area contributed by atoms with Gasteiger partial charge in [0.25, 0.3) is 5.91 Å². The third-order valence-electron chi connectivity index (χ3n) is 2.48. The van der Waals surface area contributed by atoms with Crippen molar-refractivity contribution in [2.24, 2.45) is 0 Å². The third kappa shape index (κ3) is 2.05. The fourth-order valence-corrected chi connectivity index (χ4v) is 2.52. The van der Waals surface area contributed by atoms with Crippen molar-refractivity contribution in [3.8, 4) is 0 Å². The minimum absolute atomic E-state index is 0.144. The summed E-state index contributed by atoms with van der Waals surface area (Å²) >= 11 is 1.54. The van der Waals surface area contributed by atoms with Gasteiger partial charge in [0.15, 0.2) is 10.9 Å². The molecule has 2 aromatic rings. The lowest BCUT2D eigenvalue weighted by atomic mass is 10.4. The van der Waals surface area contributed by atoms with Crippen LogP contribution in [-0.2, 0) is 6.54 Å². The second kappa shape index (κ2) is 4.39. The highest BCUT2D eigenvalue weighted by Gasteiger charge is 2.22. The Balaban J connectivity index is 1.78. The molecule has 0 fully saturated rings. The van der Waals surface area contributed by atoms with Gasteiger partial charge in [-0.05, 0) is 6.07 Å². The van der Waals surface area contributed by atoms with Crippen LogP contribution in [0.15, 0.2) is 21.7 Å². The maximum absolute atomic E-state index is 11.8. The molecular weight excluding hydrogens is 274 g/mol. The third-order valence-corrected chi connectivity index (χ3v) is 3.43. The molecule has 3 rings (SSSR count). The van der Waals surface area contributed by atoms with E-state index in [4.69, 9.17) is 4.42 Å². The van der Waals surface area contributed by atoms with E-state index in [1.165, 1.54) is 6.07 Å². The summed E-state index contributed by atoms with van der Waals surface area (Å²) in [5.74, 6) is -0.0360. The van der Waals surface area contributed by atoms with Crippen molar-refractivity contribution >= 4 is 29.5 Å². The molecule has 9 nitrogen and oxygen atoms in total. The number of hydrogen-bond donors (Lipinski definition) is 1. The van der Waals surface area contributed by atoms with Crippen LogP contribution in [0.4, 0.5) is 11.8 Å². The molecule has 0 saturated carbocycles. The number of thioether (sulfide) groups is 1. The fraction of sp³-hybridized carbons (Fsp3) is 0.222. The van der Waals surface area contributed by atoms with E-state index in [9.17, 15) is 14.9 Å². The molecule has 1 aliphatic rings. The summed E-state index contributed by atoms with van der Waals surface area (Å²) in [7, 11) is 0. The van der Waals surface area contributed by atoms with Crippen molar-refractivity contribution in [3.05, 3.63) is 28.0 Å². The standard InChI is InChI=1S/C9H7N5O4S/c15-7(5-1-2-6(18-5)14(16)17)10-8-11-12-9-13(8)3-4-19-9/h1-2H,3-4H2,(H,10,11,15). The molecule has 0 radical (unpaired) electrons. The van der Waals surface area contributed by atoms with Gasteiger partial charge in [0.2, 0.25) is 5.95 Å². The maximum atomic E-state index is 11.8. The molecule has 1 aliphatic heterocycles. The van der Waals surface area contributed by atoms with Gasteiger partial charge in [0.1, 0.15) is 4.92 Å². The quantitative estimate of drug-likeness (QED) is 0.662. The van der Waals surface area contributed by atoms with Crippen molar-refractivity contribution in [2.75, 3.05) is 11.1 Å². The Morgan fingerprint density at radius 3 is 3.11 bits per heavy atom. The highest BCUT2D eigenvalue weighted by atomic mass is 32.2. The molecule has 2 aromatic heterocycles. The van der Waals surface area contributed by atoms with Crippen LogP contribution in [0.2, 0.25) is 0 Å². The van der Waals surface area contributed by atoms with Crippen LogP contribution in [-0.4, -0.2) is 31.3 Å². The molecule has 0 aliphatic carbocycles. The summed E-state index contributed by atoms with van der Waals surface area (Å²) in [4.78, 5) is 21.6. The summed E-state index contributed by atoms with van der Waals surface area (Å²) in [6.07, 6.45) is 0. The van der Waals surface area contributed by atoms with Crippen LogP contribution in [0.1, 0.15) is 10.6 Å². The number of anilines is 1. The van der Waals surface area contributed by atoms with Crippen molar-refractivity contribution < 1.29 is 14.1 Å². The van der Waals surface area contributed by atoms with Gasteiger partial charge in [0.05, 0.1) is 6.07 Å². The van der Waals surface area contributed by atoms with Crippen molar-refractivity contribution in [1.29, 1.82) is 0 Å². The Bertz CT molecular complexity index is 663. The zero-order valence-electron chi connectivity index (χ0n) is 9.40. The molecule has 1 N–H and O–H groups in total. The maximum Gasteiger partial charge on any atom is 0.433 e. The normalized spacial score (nSPS) is 13.3. The predicted octanol–water partition coefficient (Wildman–Crippen LogP) is 1.14. The van der Waals surface area contributed by atoms with Crippen LogP contribution in [0.25, 0.3) is 0 Å². The summed E-state index contributed by atoms with van der Waals surface area (Å²) < 4.78 is 6.57. The van der Waals surface area contributed by atoms with Gasteiger partial charge in [-0.1, -0.05) is 11.8 Å². The lowest BCUT2D eigenvalue weighted by molar-refractivity contribution is -0.402. The van der Waals surface area contributed by atoms with Gasteiger partial charge in [-0.25, -0.2) is 0 Å². The van der Waals surface area contributed by atoms with E-state index in [0.29, 0.717) is 12.5 Å². The monoisotopic (exact) mass is 281 g/mol. The average molecular weight is 281 g/mol. The number of fused-ring (bicyclic) bond motifs is 1. The smallest absolute Gasteiger partial charge is 0.395 e. The van der Waals surface area contributed by atoms with Gasteiger partial charge in [-0.15, -0.1) is 10.2 Å². The molecule has 19 heavy (non-hydrogen) atoms. The zero-order chi connectivity index (χ0) is 13.4. The number of nitro groups is 1. The second-order valence-electron chi connectivity index (χ2n) is 3.66. The Morgan fingerprint density at radius 2 is 2.37 bits per heavy atom. The SMILES string of the molecule is O=C(Nc1nnc2n1CCS2)c1ccc([N+](=O)[O-])o1. The Hall–Kier alpha value is -2.36. The highest BCUT2D eigenvalue weighted by Crippen LogP contribution is 2.26. The van der Waals surface area contributed by atoms with E-state index >= 15 is 0 Å². The molecule has 0 saturated heterocycles. The number of rotatable bonds is 3. The highest BCUT2D eigenvalue weighted by molar-refractivity contribution is 7.99. The molecule has 0 aromatic carbocycles. The van der Waals surface area contributed by atoms with Crippen LogP contribution in [0.3, 0.4) is 0 Å². The lowest BCUT2D eigenvalue weighted by Gasteiger charge is -2.02. The average Bonchev–Trinajstić information content (AvgIpc) is 3.05. The van der Waals surface area contributed by atoms with Crippen LogP contribution in [0, 0.1) is 10.1 Å². The number of furan rings is 1. The predicted molar refractivity (Wildman–Crippen MR) is 64.1 cm³/mol. The lowest BCUT2D eigenvalue weighted by Crippen LogP contribution is -2.15. The molecule has 0 spiro atoms. The minimum Gasteiger partial charge on any atom is -0.395 e. The number of nitrogens with one attached hydrogen (secondary N) is 1. The summed E-state index contributed by atoms with van der Waals surface area (Å²) in [6, 6.07) is 2.36.